The molecule has 0 radical (unpaired) electrons. The molecule has 7 nitrogen and oxygen atoms in total. The largest absolute Gasteiger partial charge is 0.545 e. The number of hydrogen-bond acceptors (Lipinski definition) is 5. The molecule has 0 aliphatic carbocycles. The third-order valence-electron chi connectivity index (χ3n) is 4.89. The van der Waals surface area contributed by atoms with E-state index in [9.17, 15) is 24.3 Å². The first-order valence-corrected chi connectivity index (χ1v) is 9.14. The predicted octanol–water partition coefficient (Wildman–Crippen LogP) is 2.23. The normalized spacial score (nSPS) is 16.7. The molecule has 148 valence electrons. The van der Waals surface area contributed by atoms with Crippen molar-refractivity contribution in [1.29, 1.82) is 0 Å². The number of carboxylic acid groups (broad SMARTS) is 1. The number of hydrogen-bond donors (Lipinski definition) is 1. The lowest BCUT2D eigenvalue weighted by Crippen LogP contribution is -2.54. The van der Waals surface area contributed by atoms with Crippen LogP contribution in [0.5, 0.6) is 0 Å². The van der Waals surface area contributed by atoms with Gasteiger partial charge >= 0.3 is 6.03 Å². The highest BCUT2D eigenvalue weighted by molar-refractivity contribution is 6.39. The smallest absolute Gasteiger partial charge is 0.335 e. The molecule has 29 heavy (non-hydrogen) atoms. The number of aromatic carboxylic acids is 1. The monoisotopic (exact) mass is 391 g/mol. The maximum Gasteiger partial charge on any atom is 0.335 e. The van der Waals surface area contributed by atoms with E-state index in [1.165, 1.54) is 30.3 Å². The van der Waals surface area contributed by atoms with E-state index >= 15 is 0 Å². The van der Waals surface area contributed by atoms with E-state index in [4.69, 9.17) is 0 Å². The molecule has 7 heteroatoms. The molecule has 4 amide bonds. The van der Waals surface area contributed by atoms with Crippen LogP contribution >= 0.6 is 0 Å². The van der Waals surface area contributed by atoms with Gasteiger partial charge in [-0.2, -0.15) is 0 Å². The van der Waals surface area contributed by atoms with Crippen LogP contribution in [0, 0.1) is 0 Å². The number of amides is 4. The minimum absolute atomic E-state index is 0.0234. The number of anilines is 1. The highest BCUT2D eigenvalue weighted by atomic mass is 16.4. The number of nitrogens with zero attached hydrogens (tertiary/aromatic N) is 1. The average Bonchev–Trinajstić information content (AvgIpc) is 2.71. The molecule has 1 atom stereocenters. The molecule has 0 bridgehead atoms. The Bertz CT molecular complexity index is 1010. The van der Waals surface area contributed by atoms with E-state index in [1.807, 2.05) is 12.1 Å². The molecular formula is C22H19N2O5-. The highest BCUT2D eigenvalue weighted by Gasteiger charge is 2.36. The summed E-state index contributed by atoms with van der Waals surface area (Å²) in [7, 11) is 0. The molecule has 0 aromatic heterocycles. The van der Waals surface area contributed by atoms with Crippen molar-refractivity contribution in [3.05, 3.63) is 70.8 Å². The first-order valence-electron chi connectivity index (χ1n) is 9.14. The summed E-state index contributed by atoms with van der Waals surface area (Å²) >= 11 is 0. The molecule has 0 unspecified atom stereocenters. The summed E-state index contributed by atoms with van der Waals surface area (Å²) in [5.41, 5.74) is 1.63. The van der Waals surface area contributed by atoms with Crippen LogP contribution in [0.3, 0.4) is 0 Å². The zero-order valence-electron chi connectivity index (χ0n) is 16.0. The van der Waals surface area contributed by atoms with Crippen LogP contribution in [0.25, 0.3) is 6.08 Å². The number of barbiturate groups is 1. The third-order valence-corrected chi connectivity index (χ3v) is 4.89. The molecule has 0 spiro atoms. The Morgan fingerprint density at radius 2 is 1.69 bits per heavy atom. The topological polar surface area (TPSA) is 107 Å². The molecule has 2 aromatic rings. The Balaban J connectivity index is 1.92. The van der Waals surface area contributed by atoms with Crippen molar-refractivity contribution in [2.45, 2.75) is 26.2 Å². The third kappa shape index (κ3) is 4.08. The number of rotatable bonds is 5. The SMILES string of the molecule is CC[C@H](C)c1ccc(N2C(=O)NC(=O)/C(=C/c3ccc(C(=O)[O-])cc3)C2=O)cc1. The van der Waals surface area contributed by atoms with Crippen molar-refractivity contribution in [3.63, 3.8) is 0 Å². The quantitative estimate of drug-likeness (QED) is 0.621. The fourth-order valence-corrected chi connectivity index (χ4v) is 2.96. The molecule has 1 aliphatic rings. The average molecular weight is 391 g/mol. The molecule has 1 aliphatic heterocycles. The standard InChI is InChI=1S/C22H20N2O5/c1-3-13(2)15-8-10-17(11-9-15)24-20(26)18(19(25)23-22(24)29)12-14-4-6-16(7-5-14)21(27)28/h4-13H,3H2,1-2H3,(H,27,28)(H,23,25,29)/p-1/b18-12-/t13-/m0/s1. The van der Waals surface area contributed by atoms with Crippen molar-refractivity contribution >= 4 is 35.6 Å². The van der Waals surface area contributed by atoms with E-state index in [0.717, 1.165) is 16.9 Å². The van der Waals surface area contributed by atoms with Gasteiger partial charge in [-0.3, -0.25) is 14.9 Å². The molecule has 1 N–H and O–H groups in total. The zero-order valence-corrected chi connectivity index (χ0v) is 16.0. The molecule has 1 heterocycles. The first-order chi connectivity index (χ1) is 13.8. The second-order valence-corrected chi connectivity index (χ2v) is 6.77. The summed E-state index contributed by atoms with van der Waals surface area (Å²) in [6, 6.07) is 11.7. The van der Waals surface area contributed by atoms with E-state index < -0.39 is 23.8 Å². The number of imide groups is 2. The summed E-state index contributed by atoms with van der Waals surface area (Å²) in [6.07, 6.45) is 2.27. The summed E-state index contributed by atoms with van der Waals surface area (Å²) in [6.45, 7) is 4.15. The van der Waals surface area contributed by atoms with Crippen LogP contribution in [-0.4, -0.2) is 23.8 Å². The van der Waals surface area contributed by atoms with Crippen LogP contribution < -0.4 is 15.3 Å². The lowest BCUT2D eigenvalue weighted by Gasteiger charge is -2.26. The lowest BCUT2D eigenvalue weighted by atomic mass is 9.98. The molecular weight excluding hydrogens is 372 g/mol. The van der Waals surface area contributed by atoms with E-state index in [2.05, 4.69) is 19.2 Å². The molecule has 3 rings (SSSR count). The van der Waals surface area contributed by atoms with Gasteiger partial charge < -0.3 is 9.90 Å². The molecule has 1 fully saturated rings. The second kappa shape index (κ2) is 8.10. The van der Waals surface area contributed by atoms with Gasteiger partial charge in [0.05, 0.1) is 11.7 Å². The summed E-state index contributed by atoms with van der Waals surface area (Å²) in [5, 5.41) is 13.0. The maximum absolute atomic E-state index is 12.9. The van der Waals surface area contributed by atoms with Crippen molar-refractivity contribution in [3.8, 4) is 0 Å². The van der Waals surface area contributed by atoms with Crippen molar-refractivity contribution < 1.29 is 24.3 Å². The lowest BCUT2D eigenvalue weighted by molar-refractivity contribution is -0.255. The summed E-state index contributed by atoms with van der Waals surface area (Å²) in [4.78, 5) is 49.1. The summed E-state index contributed by atoms with van der Waals surface area (Å²) in [5.74, 6) is -2.54. The fraction of sp³-hybridized carbons (Fsp3) is 0.182. The zero-order chi connectivity index (χ0) is 21.1. The van der Waals surface area contributed by atoms with Gasteiger partial charge in [-0.25, -0.2) is 9.69 Å². The van der Waals surface area contributed by atoms with Gasteiger partial charge in [-0.15, -0.1) is 0 Å². The number of benzene rings is 2. The van der Waals surface area contributed by atoms with Crippen LogP contribution in [0.1, 0.15) is 47.7 Å². The van der Waals surface area contributed by atoms with Gasteiger partial charge in [0.1, 0.15) is 5.57 Å². The number of nitrogens with one attached hydrogen (secondary N) is 1. The Morgan fingerprint density at radius 3 is 2.24 bits per heavy atom. The van der Waals surface area contributed by atoms with Crippen LogP contribution in [0.2, 0.25) is 0 Å². The Kier molecular flexibility index (Phi) is 5.59. The predicted molar refractivity (Wildman–Crippen MR) is 105 cm³/mol. The van der Waals surface area contributed by atoms with Gasteiger partial charge in [0.2, 0.25) is 0 Å². The summed E-state index contributed by atoms with van der Waals surface area (Å²) < 4.78 is 0. The van der Waals surface area contributed by atoms with Crippen LogP contribution in [-0.2, 0) is 9.59 Å². The van der Waals surface area contributed by atoms with Gasteiger partial charge in [-0.05, 0) is 47.2 Å². The van der Waals surface area contributed by atoms with Gasteiger partial charge in [0.25, 0.3) is 11.8 Å². The van der Waals surface area contributed by atoms with Crippen LogP contribution in [0.4, 0.5) is 10.5 Å². The van der Waals surface area contributed by atoms with Crippen LogP contribution in [0.15, 0.2) is 54.1 Å². The second-order valence-electron chi connectivity index (χ2n) is 6.77. The fourth-order valence-electron chi connectivity index (χ4n) is 2.96. The first kappa shape index (κ1) is 20.0. The number of carbonyl (C=O) groups is 4. The number of urea groups is 1. The van der Waals surface area contributed by atoms with E-state index in [1.54, 1.807) is 12.1 Å². The molecule has 2 aromatic carbocycles. The van der Waals surface area contributed by atoms with Crippen molar-refractivity contribution in [2.75, 3.05) is 4.90 Å². The van der Waals surface area contributed by atoms with Crippen molar-refractivity contribution in [1.82, 2.24) is 5.32 Å². The van der Waals surface area contributed by atoms with Gasteiger partial charge in [0.15, 0.2) is 0 Å². The van der Waals surface area contributed by atoms with Gasteiger partial charge in [-0.1, -0.05) is 50.2 Å². The number of carboxylic acids is 1. The maximum atomic E-state index is 12.9. The Labute approximate surface area is 167 Å². The van der Waals surface area contributed by atoms with E-state index in [-0.39, 0.29) is 11.1 Å². The number of carbonyl (C=O) groups excluding carboxylic acids is 4. The van der Waals surface area contributed by atoms with E-state index in [0.29, 0.717) is 17.2 Å². The van der Waals surface area contributed by atoms with Gasteiger partial charge in [0, 0.05) is 0 Å². The highest BCUT2D eigenvalue weighted by Crippen LogP contribution is 2.25. The van der Waals surface area contributed by atoms with Crippen molar-refractivity contribution in [2.24, 2.45) is 0 Å². The minimum atomic E-state index is -1.33. The Hall–Kier alpha value is -3.74. The Morgan fingerprint density at radius 1 is 1.07 bits per heavy atom. The minimum Gasteiger partial charge on any atom is -0.545 e. The molecule has 1 saturated heterocycles. The molecule has 0 saturated carbocycles.